The fraction of sp³-hybridized carbons (Fsp3) is 0.125. The Morgan fingerprint density at radius 2 is 1.88 bits per heavy atom. The first-order valence-corrected chi connectivity index (χ1v) is 11.2. The number of hydrogen-bond acceptors (Lipinski definition) is 5. The fourth-order valence-electron chi connectivity index (χ4n) is 3.27. The molecular weight excluding hydrogens is 446 g/mol. The van der Waals surface area contributed by atoms with Gasteiger partial charge >= 0.3 is 0 Å². The largest absolute Gasteiger partial charge is 0.495 e. The quantitative estimate of drug-likeness (QED) is 0.317. The molecule has 1 heterocycles. The SMILES string of the molecule is COc1ccccc1-n1c(SCC(=O)Nc2ccc(C)cc2Cl)nc2ccccc2c1=O. The number of carbonyl (C=O) groups excluding carboxylic acids is 1. The Morgan fingerprint density at radius 3 is 2.66 bits per heavy atom. The third-order valence-corrected chi connectivity index (χ3v) is 6.05. The van der Waals surface area contributed by atoms with E-state index in [1.165, 1.54) is 16.3 Å². The average Bonchev–Trinajstić information content (AvgIpc) is 2.80. The highest BCUT2D eigenvalue weighted by Gasteiger charge is 2.17. The molecule has 162 valence electrons. The maximum atomic E-state index is 13.4. The zero-order valence-electron chi connectivity index (χ0n) is 17.5. The molecule has 4 aromatic rings. The molecule has 3 aromatic carbocycles. The van der Waals surface area contributed by atoms with Crippen LogP contribution in [0.3, 0.4) is 0 Å². The minimum Gasteiger partial charge on any atom is -0.495 e. The Kier molecular flexibility index (Phi) is 6.48. The number of halogens is 1. The lowest BCUT2D eigenvalue weighted by molar-refractivity contribution is -0.113. The molecule has 1 amide bonds. The number of rotatable bonds is 6. The molecule has 0 bridgehead atoms. The van der Waals surface area contributed by atoms with Gasteiger partial charge in [0.15, 0.2) is 5.16 Å². The molecule has 0 saturated carbocycles. The summed E-state index contributed by atoms with van der Waals surface area (Å²) in [5.74, 6) is 0.323. The molecule has 6 nitrogen and oxygen atoms in total. The van der Waals surface area contributed by atoms with Gasteiger partial charge in [-0.3, -0.25) is 14.2 Å². The molecule has 0 aliphatic heterocycles. The summed E-state index contributed by atoms with van der Waals surface area (Å²) in [7, 11) is 1.55. The van der Waals surface area contributed by atoms with Crippen molar-refractivity contribution in [3.8, 4) is 11.4 Å². The molecule has 0 saturated heterocycles. The van der Waals surface area contributed by atoms with E-state index in [4.69, 9.17) is 16.3 Å². The number of aromatic nitrogens is 2. The van der Waals surface area contributed by atoms with Crippen molar-refractivity contribution in [3.63, 3.8) is 0 Å². The van der Waals surface area contributed by atoms with E-state index in [2.05, 4.69) is 10.3 Å². The summed E-state index contributed by atoms with van der Waals surface area (Å²) in [4.78, 5) is 30.6. The van der Waals surface area contributed by atoms with E-state index in [9.17, 15) is 9.59 Å². The van der Waals surface area contributed by atoms with E-state index in [0.29, 0.717) is 38.2 Å². The van der Waals surface area contributed by atoms with Crippen molar-refractivity contribution in [1.82, 2.24) is 9.55 Å². The number of para-hydroxylation sites is 3. The summed E-state index contributed by atoms with van der Waals surface area (Å²) in [6.45, 7) is 1.93. The van der Waals surface area contributed by atoms with Gasteiger partial charge in [-0.25, -0.2) is 4.98 Å². The first-order valence-electron chi connectivity index (χ1n) is 9.82. The molecular formula is C24H20ClN3O3S. The Hall–Kier alpha value is -3.29. The topological polar surface area (TPSA) is 73.2 Å². The van der Waals surface area contributed by atoms with Crippen LogP contribution >= 0.6 is 23.4 Å². The third-order valence-electron chi connectivity index (χ3n) is 4.80. The van der Waals surface area contributed by atoms with Gasteiger partial charge in [0, 0.05) is 0 Å². The molecule has 0 radical (unpaired) electrons. The van der Waals surface area contributed by atoms with Crippen molar-refractivity contribution in [1.29, 1.82) is 0 Å². The minimum atomic E-state index is -0.255. The van der Waals surface area contributed by atoms with E-state index < -0.39 is 0 Å². The summed E-state index contributed by atoms with van der Waals surface area (Å²) in [5.41, 5.74) is 2.43. The number of nitrogens with zero attached hydrogens (tertiary/aromatic N) is 2. The van der Waals surface area contributed by atoms with Crippen molar-refractivity contribution in [2.75, 3.05) is 18.2 Å². The van der Waals surface area contributed by atoms with Crippen molar-refractivity contribution in [2.24, 2.45) is 0 Å². The molecule has 0 unspecified atom stereocenters. The van der Waals surface area contributed by atoms with Crippen LogP contribution in [0.25, 0.3) is 16.6 Å². The Morgan fingerprint density at radius 1 is 1.12 bits per heavy atom. The number of aryl methyl sites for hydroxylation is 1. The summed E-state index contributed by atoms with van der Waals surface area (Å²) in [5, 5.41) is 4.16. The summed E-state index contributed by atoms with van der Waals surface area (Å²) in [6.07, 6.45) is 0. The highest BCUT2D eigenvalue weighted by Crippen LogP contribution is 2.28. The normalized spacial score (nSPS) is 10.8. The van der Waals surface area contributed by atoms with Gasteiger partial charge < -0.3 is 10.1 Å². The van der Waals surface area contributed by atoms with Crippen LogP contribution in [0.5, 0.6) is 5.75 Å². The lowest BCUT2D eigenvalue weighted by Gasteiger charge is -2.15. The third kappa shape index (κ3) is 4.49. The number of nitrogens with one attached hydrogen (secondary N) is 1. The Labute approximate surface area is 194 Å². The molecule has 0 aliphatic rings. The number of thioether (sulfide) groups is 1. The van der Waals surface area contributed by atoms with Gasteiger partial charge in [-0.05, 0) is 48.9 Å². The molecule has 4 rings (SSSR count). The minimum absolute atomic E-state index is 0.0458. The number of amides is 1. The molecule has 1 aromatic heterocycles. The van der Waals surface area contributed by atoms with Crippen molar-refractivity contribution in [2.45, 2.75) is 12.1 Å². The van der Waals surface area contributed by atoms with Crippen LogP contribution in [0.1, 0.15) is 5.56 Å². The van der Waals surface area contributed by atoms with Gasteiger partial charge in [-0.2, -0.15) is 0 Å². The number of methoxy groups -OCH3 is 1. The molecule has 0 atom stereocenters. The molecule has 1 N–H and O–H groups in total. The highest BCUT2D eigenvalue weighted by molar-refractivity contribution is 7.99. The van der Waals surface area contributed by atoms with Gasteiger partial charge in [0.1, 0.15) is 5.75 Å². The lowest BCUT2D eigenvalue weighted by atomic mass is 10.2. The number of anilines is 1. The van der Waals surface area contributed by atoms with Gasteiger partial charge in [0.25, 0.3) is 5.56 Å². The van der Waals surface area contributed by atoms with E-state index in [0.717, 1.165) is 5.56 Å². The Bertz CT molecular complexity index is 1370. The second kappa shape index (κ2) is 9.46. The zero-order valence-corrected chi connectivity index (χ0v) is 19.0. The second-order valence-corrected chi connectivity index (χ2v) is 8.39. The van der Waals surface area contributed by atoms with E-state index in [1.54, 1.807) is 49.6 Å². The van der Waals surface area contributed by atoms with Crippen LogP contribution < -0.4 is 15.6 Å². The van der Waals surface area contributed by atoms with Crippen LogP contribution in [0.2, 0.25) is 5.02 Å². The highest BCUT2D eigenvalue weighted by atomic mass is 35.5. The first-order chi connectivity index (χ1) is 15.5. The predicted molar refractivity (Wildman–Crippen MR) is 129 cm³/mol. The summed E-state index contributed by atoms with van der Waals surface area (Å²) in [6, 6.07) is 19.8. The van der Waals surface area contributed by atoms with Gasteiger partial charge in [-0.1, -0.05) is 53.7 Å². The van der Waals surface area contributed by atoms with Gasteiger partial charge in [0.05, 0.1) is 40.2 Å². The monoisotopic (exact) mass is 465 g/mol. The standard InChI is InChI=1S/C24H20ClN3O3S/c1-15-11-12-19(17(25)13-15)26-22(29)14-32-24-27-18-8-4-3-7-16(18)23(30)28(24)20-9-5-6-10-21(20)31-2/h3-13H,14H2,1-2H3,(H,26,29). The lowest BCUT2D eigenvalue weighted by Crippen LogP contribution is -2.23. The zero-order chi connectivity index (χ0) is 22.7. The summed E-state index contributed by atoms with van der Waals surface area (Å²) >= 11 is 7.39. The number of benzene rings is 3. The summed E-state index contributed by atoms with van der Waals surface area (Å²) < 4.78 is 6.94. The van der Waals surface area contributed by atoms with E-state index >= 15 is 0 Å². The van der Waals surface area contributed by atoms with Crippen LogP contribution in [0.15, 0.2) is 76.7 Å². The van der Waals surface area contributed by atoms with Crippen molar-refractivity contribution >= 4 is 45.9 Å². The molecule has 32 heavy (non-hydrogen) atoms. The fourth-order valence-corrected chi connectivity index (χ4v) is 4.36. The van der Waals surface area contributed by atoms with Crippen LogP contribution in [-0.4, -0.2) is 28.3 Å². The predicted octanol–water partition coefficient (Wildman–Crippen LogP) is 5.09. The number of ether oxygens (including phenoxy) is 1. The van der Waals surface area contributed by atoms with Gasteiger partial charge in [0.2, 0.25) is 5.91 Å². The van der Waals surface area contributed by atoms with Crippen LogP contribution in [-0.2, 0) is 4.79 Å². The molecule has 0 fully saturated rings. The number of fused-ring (bicyclic) bond motifs is 1. The first kappa shape index (κ1) is 21.9. The molecule has 8 heteroatoms. The number of hydrogen-bond donors (Lipinski definition) is 1. The Balaban J connectivity index is 1.70. The van der Waals surface area contributed by atoms with E-state index in [1.807, 2.05) is 31.2 Å². The average molecular weight is 466 g/mol. The number of carbonyl (C=O) groups is 1. The maximum absolute atomic E-state index is 13.4. The van der Waals surface area contributed by atoms with Crippen molar-refractivity contribution in [3.05, 3.63) is 87.7 Å². The second-order valence-electron chi connectivity index (χ2n) is 7.04. The molecule has 0 spiro atoms. The maximum Gasteiger partial charge on any atom is 0.266 e. The van der Waals surface area contributed by atoms with Gasteiger partial charge in [-0.15, -0.1) is 0 Å². The van der Waals surface area contributed by atoms with Crippen molar-refractivity contribution < 1.29 is 9.53 Å². The smallest absolute Gasteiger partial charge is 0.266 e. The van der Waals surface area contributed by atoms with E-state index in [-0.39, 0.29) is 17.2 Å². The molecule has 0 aliphatic carbocycles. The van der Waals surface area contributed by atoms with Crippen LogP contribution in [0.4, 0.5) is 5.69 Å². The van der Waals surface area contributed by atoms with Crippen LogP contribution in [0, 0.1) is 6.92 Å².